The zero-order chi connectivity index (χ0) is 16.2. The van der Waals surface area contributed by atoms with Crippen molar-refractivity contribution < 1.29 is 9.47 Å². The molecule has 0 radical (unpaired) electrons. The topological polar surface area (TPSA) is 18.5 Å². The van der Waals surface area contributed by atoms with Crippen LogP contribution >= 0.6 is 11.6 Å². The summed E-state index contributed by atoms with van der Waals surface area (Å²) in [6.07, 6.45) is 0. The van der Waals surface area contributed by atoms with Crippen molar-refractivity contribution in [2.45, 2.75) is 0 Å². The van der Waals surface area contributed by atoms with Gasteiger partial charge in [0.1, 0.15) is 11.5 Å². The maximum absolute atomic E-state index is 6.02. The lowest BCUT2D eigenvalue weighted by atomic mass is 9.93. The summed E-state index contributed by atoms with van der Waals surface area (Å²) in [4.78, 5) is 0. The summed E-state index contributed by atoms with van der Waals surface area (Å²) in [5.74, 6) is 1.67. The number of benzene rings is 3. The van der Waals surface area contributed by atoms with Crippen LogP contribution < -0.4 is 9.47 Å². The first-order chi connectivity index (χ1) is 11.2. The van der Waals surface area contributed by atoms with Crippen molar-refractivity contribution >= 4 is 11.6 Å². The van der Waals surface area contributed by atoms with Crippen molar-refractivity contribution in [2.75, 3.05) is 14.2 Å². The molecule has 3 aromatic carbocycles. The van der Waals surface area contributed by atoms with Crippen LogP contribution in [0.5, 0.6) is 11.5 Å². The Balaban J connectivity index is 2.18. The molecular formula is C20H17ClO2. The van der Waals surface area contributed by atoms with E-state index in [4.69, 9.17) is 21.1 Å². The van der Waals surface area contributed by atoms with E-state index in [1.54, 1.807) is 14.2 Å². The molecule has 0 aliphatic rings. The van der Waals surface area contributed by atoms with Gasteiger partial charge < -0.3 is 9.47 Å². The van der Waals surface area contributed by atoms with Crippen molar-refractivity contribution in [2.24, 2.45) is 0 Å². The van der Waals surface area contributed by atoms with Gasteiger partial charge in [0.2, 0.25) is 0 Å². The van der Waals surface area contributed by atoms with Crippen LogP contribution in [0.15, 0.2) is 66.7 Å². The molecule has 0 amide bonds. The second-order valence-corrected chi connectivity index (χ2v) is 5.55. The number of hydrogen-bond donors (Lipinski definition) is 0. The van der Waals surface area contributed by atoms with E-state index >= 15 is 0 Å². The Morgan fingerprint density at radius 3 is 1.96 bits per heavy atom. The van der Waals surface area contributed by atoms with Crippen LogP contribution in [0.4, 0.5) is 0 Å². The molecule has 0 aromatic heterocycles. The van der Waals surface area contributed by atoms with Crippen molar-refractivity contribution in [1.82, 2.24) is 0 Å². The van der Waals surface area contributed by atoms with Gasteiger partial charge in [0.15, 0.2) is 0 Å². The van der Waals surface area contributed by atoms with E-state index in [-0.39, 0.29) is 0 Å². The Kier molecular flexibility index (Phi) is 4.54. The Labute approximate surface area is 141 Å². The van der Waals surface area contributed by atoms with Gasteiger partial charge in [-0.15, -0.1) is 0 Å². The highest BCUT2D eigenvalue weighted by molar-refractivity contribution is 6.30. The quantitative estimate of drug-likeness (QED) is 0.613. The predicted octanol–water partition coefficient (Wildman–Crippen LogP) is 5.69. The molecule has 0 aliphatic heterocycles. The van der Waals surface area contributed by atoms with E-state index in [1.807, 2.05) is 60.7 Å². The fraction of sp³-hybridized carbons (Fsp3) is 0.100. The third kappa shape index (κ3) is 3.17. The minimum atomic E-state index is 0.717. The van der Waals surface area contributed by atoms with Crippen LogP contribution in [0.2, 0.25) is 5.02 Å². The molecule has 0 N–H and O–H groups in total. The summed E-state index contributed by atoms with van der Waals surface area (Å²) < 4.78 is 10.8. The van der Waals surface area contributed by atoms with Gasteiger partial charge in [0.25, 0.3) is 0 Å². The lowest BCUT2D eigenvalue weighted by Gasteiger charge is -2.15. The number of methoxy groups -OCH3 is 2. The lowest BCUT2D eigenvalue weighted by molar-refractivity contribution is 0.415. The highest BCUT2D eigenvalue weighted by Gasteiger charge is 2.13. The van der Waals surface area contributed by atoms with E-state index in [2.05, 4.69) is 6.07 Å². The minimum absolute atomic E-state index is 0.717. The van der Waals surface area contributed by atoms with Crippen LogP contribution in [-0.2, 0) is 0 Å². The summed E-state index contributed by atoms with van der Waals surface area (Å²) in [7, 11) is 3.35. The number of ether oxygens (including phenoxy) is 2. The van der Waals surface area contributed by atoms with E-state index < -0.39 is 0 Å². The van der Waals surface area contributed by atoms with Crippen LogP contribution in [0.3, 0.4) is 0 Å². The molecule has 3 rings (SSSR count). The summed E-state index contributed by atoms with van der Waals surface area (Å²) in [6, 6.07) is 21.9. The van der Waals surface area contributed by atoms with Crippen molar-refractivity contribution in [3.8, 4) is 33.8 Å². The number of rotatable bonds is 4. The van der Waals surface area contributed by atoms with E-state index in [0.29, 0.717) is 0 Å². The predicted molar refractivity (Wildman–Crippen MR) is 95.4 cm³/mol. The minimum Gasteiger partial charge on any atom is -0.497 e. The molecule has 3 aromatic rings. The zero-order valence-corrected chi connectivity index (χ0v) is 13.8. The van der Waals surface area contributed by atoms with Gasteiger partial charge in [-0.1, -0.05) is 48.0 Å². The average molecular weight is 325 g/mol. The van der Waals surface area contributed by atoms with Crippen molar-refractivity contribution in [3.63, 3.8) is 0 Å². The maximum Gasteiger partial charge on any atom is 0.127 e. The first-order valence-corrected chi connectivity index (χ1v) is 7.68. The van der Waals surface area contributed by atoms with Gasteiger partial charge in [-0.25, -0.2) is 0 Å². The van der Waals surface area contributed by atoms with Gasteiger partial charge in [0, 0.05) is 10.6 Å². The van der Waals surface area contributed by atoms with Crippen LogP contribution in [-0.4, -0.2) is 14.2 Å². The zero-order valence-electron chi connectivity index (χ0n) is 13.0. The summed E-state index contributed by atoms with van der Waals surface area (Å²) in [6.45, 7) is 0. The first-order valence-electron chi connectivity index (χ1n) is 7.30. The molecule has 0 saturated carbocycles. The maximum atomic E-state index is 6.02. The van der Waals surface area contributed by atoms with Gasteiger partial charge >= 0.3 is 0 Å². The fourth-order valence-corrected chi connectivity index (χ4v) is 2.75. The molecule has 0 fully saturated rings. The molecule has 0 bridgehead atoms. The van der Waals surface area contributed by atoms with E-state index in [9.17, 15) is 0 Å². The second kappa shape index (κ2) is 6.76. The summed E-state index contributed by atoms with van der Waals surface area (Å²) >= 11 is 6.02. The summed E-state index contributed by atoms with van der Waals surface area (Å²) in [5, 5.41) is 0.717. The average Bonchev–Trinajstić information content (AvgIpc) is 2.62. The van der Waals surface area contributed by atoms with Gasteiger partial charge in [-0.2, -0.15) is 0 Å². The molecule has 0 unspecified atom stereocenters. The highest BCUT2D eigenvalue weighted by atomic mass is 35.5. The van der Waals surface area contributed by atoms with Gasteiger partial charge in [-0.3, -0.25) is 0 Å². The number of halogens is 1. The summed E-state index contributed by atoms with van der Waals surface area (Å²) in [5.41, 5.74) is 4.33. The molecule has 3 heteroatoms. The number of hydrogen-bond acceptors (Lipinski definition) is 2. The first kappa shape index (κ1) is 15.4. The lowest BCUT2D eigenvalue weighted by Crippen LogP contribution is -1.92. The van der Waals surface area contributed by atoms with Gasteiger partial charge in [-0.05, 0) is 47.0 Å². The molecule has 0 spiro atoms. The molecule has 0 aliphatic carbocycles. The second-order valence-electron chi connectivity index (χ2n) is 5.12. The standard InChI is InChI=1S/C20H17ClO2/c1-22-17-12-8-14(9-13-17)18-4-3-5-19(23-2)20(18)15-6-10-16(21)11-7-15/h3-13H,1-2H3. The molecule has 23 heavy (non-hydrogen) atoms. The molecule has 0 atom stereocenters. The monoisotopic (exact) mass is 324 g/mol. The van der Waals surface area contributed by atoms with Crippen LogP contribution in [0.25, 0.3) is 22.3 Å². The third-order valence-electron chi connectivity index (χ3n) is 3.78. The van der Waals surface area contributed by atoms with Crippen LogP contribution in [0, 0.1) is 0 Å². The Morgan fingerprint density at radius 1 is 0.696 bits per heavy atom. The Morgan fingerprint density at radius 2 is 1.35 bits per heavy atom. The van der Waals surface area contributed by atoms with E-state index in [1.165, 1.54) is 0 Å². The molecule has 2 nitrogen and oxygen atoms in total. The fourth-order valence-electron chi connectivity index (χ4n) is 2.63. The van der Waals surface area contributed by atoms with E-state index in [0.717, 1.165) is 38.8 Å². The van der Waals surface area contributed by atoms with Crippen molar-refractivity contribution in [1.29, 1.82) is 0 Å². The normalized spacial score (nSPS) is 10.4. The Hall–Kier alpha value is -2.45. The SMILES string of the molecule is COc1ccc(-c2cccc(OC)c2-c2ccc(Cl)cc2)cc1. The van der Waals surface area contributed by atoms with Crippen molar-refractivity contribution in [3.05, 3.63) is 71.8 Å². The molecule has 0 heterocycles. The van der Waals surface area contributed by atoms with Crippen LogP contribution in [0.1, 0.15) is 0 Å². The smallest absolute Gasteiger partial charge is 0.127 e. The molecular weight excluding hydrogens is 308 g/mol. The molecule has 0 saturated heterocycles. The largest absolute Gasteiger partial charge is 0.497 e. The van der Waals surface area contributed by atoms with Gasteiger partial charge in [0.05, 0.1) is 14.2 Å². The third-order valence-corrected chi connectivity index (χ3v) is 4.03. The Bertz CT molecular complexity index is 793. The highest BCUT2D eigenvalue weighted by Crippen LogP contribution is 2.39. The molecule has 116 valence electrons.